The first kappa shape index (κ1) is 36.3. The lowest BCUT2D eigenvalue weighted by atomic mass is 9.94. The van der Waals surface area contributed by atoms with Gasteiger partial charge in [-0.25, -0.2) is 0 Å². The van der Waals surface area contributed by atoms with Crippen LogP contribution < -0.4 is 37.8 Å². The second-order valence-corrected chi connectivity index (χ2v) is 13.1. The van der Waals surface area contributed by atoms with E-state index in [1.807, 2.05) is 5.43 Å². The summed E-state index contributed by atoms with van der Waals surface area (Å²) in [6, 6.07) is 11.4. The van der Waals surface area contributed by atoms with Crippen molar-refractivity contribution in [1.82, 2.24) is 0 Å². The average molecular weight is 755 g/mol. The monoisotopic (exact) mass is 754 g/mol. The summed E-state index contributed by atoms with van der Waals surface area (Å²) in [6.45, 7) is 0. The van der Waals surface area contributed by atoms with Gasteiger partial charge in [-0.3, -0.25) is 60.0 Å². The second-order valence-electron chi connectivity index (χ2n) is 10.3. The Hall–Kier alpha value is -7.02. The number of nitrogens with zero attached hydrogens (tertiary/aromatic N) is 5. The molecule has 0 amide bonds. The Morgan fingerprint density at radius 2 is 1.37 bits per heavy atom. The molecule has 0 unspecified atom stereocenters. The normalized spacial score (nSPS) is 14.5. The number of hydrogen-bond acceptors (Lipinski definition) is 18. The van der Waals surface area contributed by atoms with Gasteiger partial charge < -0.3 is 5.11 Å². The highest BCUT2D eigenvalue weighted by Crippen LogP contribution is 2.37. The van der Waals surface area contributed by atoms with E-state index in [2.05, 4.69) is 26.2 Å². The van der Waals surface area contributed by atoms with Crippen LogP contribution in [0.4, 0.5) is 28.4 Å². The SMILES string of the molecule is O=C1C(=NNc2cc(S(=O)(=O)O)cc([N+](=O)[O-])c2O)C(S(=O)(=O)O)=Cc2ccc(NN=c3ccc(=O)c(=NNc4ccc([N+](=O)[O-])cc4)c3=O)cc21. The summed E-state index contributed by atoms with van der Waals surface area (Å²) in [5, 5.41) is 42.8. The number of ketones is 1. The van der Waals surface area contributed by atoms with E-state index in [0.29, 0.717) is 12.1 Å². The Bertz CT molecular complexity index is 2740. The number of fused-ring (bicyclic) bond motifs is 1. The molecule has 0 fully saturated rings. The molecule has 0 aromatic heterocycles. The molecular formula is C28H18N8O14S2. The quantitative estimate of drug-likeness (QED) is 0.0564. The van der Waals surface area contributed by atoms with Gasteiger partial charge in [0.05, 0.1) is 21.2 Å². The van der Waals surface area contributed by atoms with Crippen LogP contribution in [0.3, 0.4) is 0 Å². The molecule has 4 aromatic rings. The van der Waals surface area contributed by atoms with Gasteiger partial charge in [-0.05, 0) is 54.1 Å². The zero-order valence-electron chi connectivity index (χ0n) is 25.3. The number of phenols is 1. The van der Waals surface area contributed by atoms with Crippen LogP contribution in [-0.4, -0.2) is 52.4 Å². The number of Topliss-reactive ketones (excluding diaryl/α,β-unsaturated/α-hetero) is 1. The van der Waals surface area contributed by atoms with Crippen LogP contribution in [0, 0.1) is 20.2 Å². The number of hydrazone groups is 1. The molecule has 0 bridgehead atoms. The van der Waals surface area contributed by atoms with Crippen molar-refractivity contribution in [3.63, 3.8) is 0 Å². The van der Waals surface area contributed by atoms with Crippen LogP contribution >= 0.6 is 0 Å². The Morgan fingerprint density at radius 3 is 1.98 bits per heavy atom. The Labute approximate surface area is 287 Å². The van der Waals surface area contributed by atoms with Crippen LogP contribution in [0.1, 0.15) is 15.9 Å². The molecule has 1 aliphatic rings. The van der Waals surface area contributed by atoms with Crippen LogP contribution in [0.5, 0.6) is 5.75 Å². The van der Waals surface area contributed by atoms with Crippen molar-refractivity contribution in [3.8, 4) is 5.75 Å². The number of hydrogen-bond donors (Lipinski definition) is 6. The molecule has 22 nitrogen and oxygen atoms in total. The highest BCUT2D eigenvalue weighted by Gasteiger charge is 2.33. The third-order valence-electron chi connectivity index (χ3n) is 6.91. The fraction of sp³-hybridized carbons (Fsp3) is 0. The number of benzene rings is 4. The lowest BCUT2D eigenvalue weighted by Gasteiger charge is -2.17. The number of aromatic hydroxyl groups is 1. The third kappa shape index (κ3) is 7.58. The summed E-state index contributed by atoms with van der Waals surface area (Å²) in [5.41, 5.74) is 1.77. The van der Waals surface area contributed by atoms with Gasteiger partial charge in [-0.1, -0.05) is 6.07 Å². The van der Waals surface area contributed by atoms with Crippen LogP contribution in [0.15, 0.2) is 101 Å². The minimum absolute atomic E-state index is 0.0188. The molecule has 0 heterocycles. The molecule has 266 valence electrons. The molecule has 52 heavy (non-hydrogen) atoms. The first-order chi connectivity index (χ1) is 24.3. The highest BCUT2D eigenvalue weighted by molar-refractivity contribution is 7.91. The first-order valence-corrected chi connectivity index (χ1v) is 16.6. The van der Waals surface area contributed by atoms with Gasteiger partial charge in [0.15, 0.2) is 11.1 Å². The van der Waals surface area contributed by atoms with E-state index in [4.69, 9.17) is 0 Å². The van der Waals surface area contributed by atoms with Gasteiger partial charge in [0.2, 0.25) is 22.4 Å². The van der Waals surface area contributed by atoms with E-state index in [1.54, 1.807) is 0 Å². The van der Waals surface area contributed by atoms with Gasteiger partial charge in [0.1, 0.15) is 20.8 Å². The third-order valence-corrected chi connectivity index (χ3v) is 8.61. The zero-order valence-corrected chi connectivity index (χ0v) is 26.9. The molecule has 5 rings (SSSR count). The molecule has 0 atom stereocenters. The Morgan fingerprint density at radius 1 is 0.712 bits per heavy atom. The van der Waals surface area contributed by atoms with E-state index < -0.39 is 84.7 Å². The summed E-state index contributed by atoms with van der Waals surface area (Å²) >= 11 is 0. The van der Waals surface area contributed by atoms with E-state index in [-0.39, 0.29) is 33.5 Å². The van der Waals surface area contributed by atoms with Crippen molar-refractivity contribution < 1.29 is 45.7 Å². The van der Waals surface area contributed by atoms with Crippen LogP contribution in [0.2, 0.25) is 0 Å². The molecule has 0 spiro atoms. The molecule has 1 aliphatic carbocycles. The Balaban J connectivity index is 1.49. The number of nitro benzene ring substituents is 2. The van der Waals surface area contributed by atoms with Gasteiger partial charge >= 0.3 is 5.69 Å². The molecule has 0 saturated heterocycles. The number of nitrogens with one attached hydrogen (secondary N) is 3. The average Bonchev–Trinajstić information content (AvgIpc) is 3.07. The predicted octanol–water partition coefficient (Wildman–Crippen LogP) is 0.800. The molecule has 0 saturated carbocycles. The van der Waals surface area contributed by atoms with Crippen molar-refractivity contribution >= 4 is 66.2 Å². The van der Waals surface area contributed by atoms with Crippen molar-refractivity contribution in [2.75, 3.05) is 16.3 Å². The van der Waals surface area contributed by atoms with E-state index >= 15 is 0 Å². The van der Waals surface area contributed by atoms with Crippen LogP contribution in [-0.2, 0) is 20.2 Å². The van der Waals surface area contributed by atoms with Gasteiger partial charge in [0.25, 0.3) is 25.9 Å². The standard InChI is InChI=1S/C28H18N8O14S2/c37-22-8-7-19(28(40)24(22)33-29-14-3-5-16(6-4-14)35(41)42)31-30-15-2-1-13-9-23(52(48,49)50)25(26(38)18(13)10-15)34-32-20-11-17(51(45,46)47)12-21(27(20)39)36(43)44/h1-12,29-30,32,39H,(H,45,46,47)(H,48,49,50). The summed E-state index contributed by atoms with van der Waals surface area (Å²) < 4.78 is 66.8. The highest BCUT2D eigenvalue weighted by atomic mass is 32.2. The maximum atomic E-state index is 13.5. The van der Waals surface area contributed by atoms with Gasteiger partial charge in [-0.2, -0.15) is 32.1 Å². The summed E-state index contributed by atoms with van der Waals surface area (Å²) in [6.07, 6.45) is 0.832. The van der Waals surface area contributed by atoms with Gasteiger partial charge in [-0.15, -0.1) is 0 Å². The van der Waals surface area contributed by atoms with E-state index in [0.717, 1.165) is 24.3 Å². The number of anilines is 3. The Kier molecular flexibility index (Phi) is 9.56. The molecule has 0 radical (unpaired) electrons. The number of allylic oxidation sites excluding steroid dienone is 1. The number of phenolic OH excluding ortho intramolecular Hbond substituents is 1. The minimum Gasteiger partial charge on any atom is -0.501 e. The summed E-state index contributed by atoms with van der Waals surface area (Å²) in [4.78, 5) is 57.0. The van der Waals surface area contributed by atoms with E-state index in [1.165, 1.54) is 36.4 Å². The number of rotatable bonds is 10. The molecule has 6 N–H and O–H groups in total. The summed E-state index contributed by atoms with van der Waals surface area (Å²) in [7, 11) is -10.3. The fourth-order valence-electron chi connectivity index (χ4n) is 4.42. The molecule has 24 heteroatoms. The predicted molar refractivity (Wildman–Crippen MR) is 179 cm³/mol. The smallest absolute Gasteiger partial charge is 0.314 e. The van der Waals surface area contributed by atoms with Crippen molar-refractivity contribution in [2.45, 2.75) is 4.90 Å². The number of nitro groups is 2. The molecule has 0 aliphatic heterocycles. The van der Waals surface area contributed by atoms with Crippen LogP contribution in [0.25, 0.3) is 6.08 Å². The van der Waals surface area contributed by atoms with Gasteiger partial charge in [0, 0.05) is 23.8 Å². The van der Waals surface area contributed by atoms with E-state index in [9.17, 15) is 65.7 Å². The van der Waals surface area contributed by atoms with Crippen molar-refractivity contribution in [3.05, 3.63) is 134 Å². The lowest BCUT2D eigenvalue weighted by Crippen LogP contribution is -2.47. The maximum Gasteiger partial charge on any atom is 0.314 e. The van der Waals surface area contributed by atoms with Crippen molar-refractivity contribution in [2.24, 2.45) is 15.3 Å². The second kappa shape index (κ2) is 13.7. The lowest BCUT2D eigenvalue weighted by molar-refractivity contribution is -0.386. The largest absolute Gasteiger partial charge is 0.501 e. The number of carbonyl (C=O) groups excluding carboxylic acids is 1. The fourth-order valence-corrected chi connectivity index (χ4v) is 5.61. The minimum atomic E-state index is -5.19. The maximum absolute atomic E-state index is 13.5. The summed E-state index contributed by atoms with van der Waals surface area (Å²) in [5.74, 6) is -2.39. The first-order valence-electron chi connectivity index (χ1n) is 13.7. The van der Waals surface area contributed by atoms with Crippen molar-refractivity contribution in [1.29, 1.82) is 0 Å². The number of carbonyl (C=O) groups is 1. The molecule has 4 aromatic carbocycles. The topological polar surface area (TPSA) is 340 Å². The number of non-ortho nitro benzene ring substituents is 1. The zero-order chi connectivity index (χ0) is 38.1. The molecular weight excluding hydrogens is 736 g/mol.